The predicted molar refractivity (Wildman–Crippen MR) is 68.8 cm³/mol. The number of nitrogens with one attached hydrogen (secondary N) is 1. The van der Waals surface area contributed by atoms with Gasteiger partial charge in [-0.3, -0.25) is 0 Å². The molecule has 0 spiro atoms. The van der Waals surface area contributed by atoms with Crippen molar-refractivity contribution in [3.63, 3.8) is 0 Å². The lowest BCUT2D eigenvalue weighted by atomic mass is 10.1. The Morgan fingerprint density at radius 2 is 2.07 bits per heavy atom. The number of aromatic hydroxyl groups is 1. The van der Waals surface area contributed by atoms with E-state index in [1.807, 2.05) is 18.2 Å². The van der Waals surface area contributed by atoms with Crippen LogP contribution < -0.4 is 5.32 Å². The van der Waals surface area contributed by atoms with Crippen molar-refractivity contribution < 1.29 is 5.11 Å². The highest BCUT2D eigenvalue weighted by Crippen LogP contribution is 2.23. The van der Waals surface area contributed by atoms with Crippen molar-refractivity contribution in [3.05, 3.63) is 24.3 Å². The number of hydrogen-bond acceptors (Lipinski definition) is 2. The van der Waals surface area contributed by atoms with Crippen LogP contribution in [0, 0.1) is 5.92 Å². The number of phenolic OH excluding ortho intramolecular Hbond substituents is 1. The minimum absolute atomic E-state index is 0.307. The van der Waals surface area contributed by atoms with E-state index in [1.54, 1.807) is 6.07 Å². The number of phenols is 1. The Morgan fingerprint density at radius 3 is 2.67 bits per heavy atom. The number of benzene rings is 1. The molecular weight excluding hydrogens is 254 g/mol. The molecule has 0 aromatic heterocycles. The lowest BCUT2D eigenvalue weighted by molar-refractivity contribution is 0.476. The van der Waals surface area contributed by atoms with E-state index in [1.165, 1.54) is 0 Å². The fourth-order valence-electron chi connectivity index (χ4n) is 1.29. The predicted octanol–water partition coefficient (Wildman–Crippen LogP) is 3.61. The molecule has 1 rings (SSSR count). The smallest absolute Gasteiger partial charge is 0.138 e. The van der Waals surface area contributed by atoms with Crippen LogP contribution in [0.15, 0.2) is 24.3 Å². The maximum Gasteiger partial charge on any atom is 0.138 e. The van der Waals surface area contributed by atoms with E-state index < -0.39 is 0 Å². The molecule has 2 atom stereocenters. The van der Waals surface area contributed by atoms with E-state index in [0.717, 1.165) is 18.7 Å². The highest BCUT2D eigenvalue weighted by atomic mass is 79.9. The fraction of sp³-hybridized carbons (Fsp3) is 0.500. The molecular formula is C12H18BrNO. The van der Waals surface area contributed by atoms with Gasteiger partial charge in [0.05, 0.1) is 5.69 Å². The summed E-state index contributed by atoms with van der Waals surface area (Å²) in [5.74, 6) is 0.935. The Bertz CT molecular complexity index is 303. The first-order valence-electron chi connectivity index (χ1n) is 5.31. The third kappa shape index (κ3) is 3.74. The van der Waals surface area contributed by atoms with Crippen molar-refractivity contribution in [2.75, 3.05) is 11.9 Å². The van der Waals surface area contributed by atoms with Crippen molar-refractivity contribution >= 4 is 21.6 Å². The Kier molecular flexibility index (Phi) is 4.95. The first kappa shape index (κ1) is 12.4. The standard InChI is InChI=1S/C12H18BrNO/c1-3-9(2)10(13)8-14-11-6-4-5-7-12(11)15/h4-7,9-10,14-15H,3,8H2,1-2H3. The van der Waals surface area contributed by atoms with Gasteiger partial charge in [0, 0.05) is 11.4 Å². The molecule has 0 saturated carbocycles. The summed E-state index contributed by atoms with van der Waals surface area (Å²) in [6.07, 6.45) is 1.15. The zero-order chi connectivity index (χ0) is 11.3. The van der Waals surface area contributed by atoms with Gasteiger partial charge in [-0.05, 0) is 18.1 Å². The van der Waals surface area contributed by atoms with Crippen LogP contribution in [0.5, 0.6) is 5.75 Å². The number of para-hydroxylation sites is 2. The molecule has 0 aliphatic carbocycles. The van der Waals surface area contributed by atoms with Crippen LogP contribution >= 0.6 is 15.9 Å². The first-order valence-corrected chi connectivity index (χ1v) is 6.22. The fourth-order valence-corrected chi connectivity index (χ4v) is 1.82. The second-order valence-electron chi connectivity index (χ2n) is 3.80. The lowest BCUT2D eigenvalue weighted by Gasteiger charge is -2.18. The molecule has 2 N–H and O–H groups in total. The molecule has 0 heterocycles. The van der Waals surface area contributed by atoms with Crippen molar-refractivity contribution in [2.24, 2.45) is 5.92 Å². The molecule has 0 saturated heterocycles. The molecule has 0 amide bonds. The second kappa shape index (κ2) is 6.01. The van der Waals surface area contributed by atoms with E-state index in [4.69, 9.17) is 0 Å². The highest BCUT2D eigenvalue weighted by molar-refractivity contribution is 9.09. The Labute approximate surface area is 99.8 Å². The third-order valence-corrected chi connectivity index (χ3v) is 3.88. The van der Waals surface area contributed by atoms with E-state index in [9.17, 15) is 5.11 Å². The number of hydrogen-bond donors (Lipinski definition) is 2. The Balaban J connectivity index is 2.47. The van der Waals surface area contributed by atoms with Gasteiger partial charge in [-0.2, -0.15) is 0 Å². The topological polar surface area (TPSA) is 32.3 Å². The van der Waals surface area contributed by atoms with Crippen LogP contribution in [0.2, 0.25) is 0 Å². The highest BCUT2D eigenvalue weighted by Gasteiger charge is 2.11. The zero-order valence-electron chi connectivity index (χ0n) is 9.20. The normalized spacial score (nSPS) is 14.6. The summed E-state index contributed by atoms with van der Waals surface area (Å²) in [6, 6.07) is 7.30. The summed E-state index contributed by atoms with van der Waals surface area (Å²) in [7, 11) is 0. The van der Waals surface area contributed by atoms with Crippen LogP contribution in [0.25, 0.3) is 0 Å². The first-order chi connectivity index (χ1) is 7.15. The average Bonchev–Trinajstić information content (AvgIpc) is 2.26. The van der Waals surface area contributed by atoms with E-state index in [-0.39, 0.29) is 0 Å². The molecule has 0 aliphatic heterocycles. The van der Waals surface area contributed by atoms with Gasteiger partial charge in [-0.1, -0.05) is 48.3 Å². The Hall–Kier alpha value is -0.700. The van der Waals surface area contributed by atoms with Gasteiger partial charge >= 0.3 is 0 Å². The average molecular weight is 272 g/mol. The lowest BCUT2D eigenvalue weighted by Crippen LogP contribution is -2.20. The minimum Gasteiger partial charge on any atom is -0.506 e. The zero-order valence-corrected chi connectivity index (χ0v) is 10.8. The van der Waals surface area contributed by atoms with E-state index in [2.05, 4.69) is 35.1 Å². The quantitative estimate of drug-likeness (QED) is 0.634. The van der Waals surface area contributed by atoms with Crippen LogP contribution in [0.1, 0.15) is 20.3 Å². The summed E-state index contributed by atoms with van der Waals surface area (Å²) in [4.78, 5) is 0.433. The molecule has 0 aliphatic rings. The SMILES string of the molecule is CCC(C)C(Br)CNc1ccccc1O. The van der Waals surface area contributed by atoms with Gasteiger partial charge in [0.1, 0.15) is 5.75 Å². The van der Waals surface area contributed by atoms with Crippen molar-refractivity contribution in [1.82, 2.24) is 0 Å². The van der Waals surface area contributed by atoms with Crippen molar-refractivity contribution in [3.8, 4) is 5.75 Å². The second-order valence-corrected chi connectivity index (χ2v) is 4.98. The van der Waals surface area contributed by atoms with E-state index >= 15 is 0 Å². The van der Waals surface area contributed by atoms with Gasteiger partial charge in [-0.15, -0.1) is 0 Å². The van der Waals surface area contributed by atoms with Gasteiger partial charge in [0.2, 0.25) is 0 Å². The molecule has 1 aromatic rings. The molecule has 0 radical (unpaired) electrons. The molecule has 2 nitrogen and oxygen atoms in total. The number of halogens is 1. The van der Waals surface area contributed by atoms with Crippen molar-refractivity contribution in [1.29, 1.82) is 0 Å². The monoisotopic (exact) mass is 271 g/mol. The van der Waals surface area contributed by atoms with Crippen LogP contribution in [0.4, 0.5) is 5.69 Å². The molecule has 2 unspecified atom stereocenters. The molecule has 15 heavy (non-hydrogen) atoms. The van der Waals surface area contributed by atoms with Gasteiger partial charge < -0.3 is 10.4 Å². The molecule has 1 aromatic carbocycles. The number of rotatable bonds is 5. The van der Waals surface area contributed by atoms with Gasteiger partial charge in [-0.25, -0.2) is 0 Å². The maximum atomic E-state index is 9.54. The minimum atomic E-state index is 0.307. The Morgan fingerprint density at radius 1 is 1.40 bits per heavy atom. The van der Waals surface area contributed by atoms with Gasteiger partial charge in [0.25, 0.3) is 0 Å². The summed E-state index contributed by atoms with van der Waals surface area (Å²) in [6.45, 7) is 5.22. The third-order valence-electron chi connectivity index (χ3n) is 2.65. The largest absolute Gasteiger partial charge is 0.506 e. The molecule has 0 fully saturated rings. The molecule has 84 valence electrons. The van der Waals surface area contributed by atoms with Crippen LogP contribution in [-0.2, 0) is 0 Å². The van der Waals surface area contributed by atoms with Crippen LogP contribution in [-0.4, -0.2) is 16.5 Å². The summed E-state index contributed by atoms with van der Waals surface area (Å²) in [5.41, 5.74) is 0.797. The summed E-state index contributed by atoms with van der Waals surface area (Å²) >= 11 is 3.64. The number of anilines is 1. The van der Waals surface area contributed by atoms with Crippen LogP contribution in [0.3, 0.4) is 0 Å². The summed E-state index contributed by atoms with van der Waals surface area (Å²) in [5, 5.41) is 12.8. The van der Waals surface area contributed by atoms with E-state index in [0.29, 0.717) is 16.5 Å². The summed E-state index contributed by atoms with van der Waals surface area (Å²) < 4.78 is 0. The maximum absolute atomic E-state index is 9.54. The molecule has 3 heteroatoms. The van der Waals surface area contributed by atoms with Crippen molar-refractivity contribution in [2.45, 2.75) is 25.1 Å². The van der Waals surface area contributed by atoms with Gasteiger partial charge in [0.15, 0.2) is 0 Å². The molecule has 0 bridgehead atoms. The number of alkyl halides is 1.